The van der Waals surface area contributed by atoms with Crippen LogP contribution in [0.3, 0.4) is 0 Å². The van der Waals surface area contributed by atoms with Crippen molar-refractivity contribution in [2.75, 3.05) is 6.54 Å². The van der Waals surface area contributed by atoms with Crippen LogP contribution in [-0.2, 0) is 0 Å². The Balaban J connectivity index is 0.00000196. The van der Waals surface area contributed by atoms with Crippen LogP contribution >= 0.6 is 47.2 Å². The Morgan fingerprint density at radius 3 is 2.47 bits per heavy atom. The number of nitrogens with zero attached hydrogens (tertiary/aromatic N) is 1. The first kappa shape index (κ1) is 15.2. The molecule has 0 saturated carbocycles. The normalized spacial score (nSPS) is 12.1. The molecule has 86 valence electrons. The van der Waals surface area contributed by atoms with Crippen molar-refractivity contribution in [3.8, 4) is 0 Å². The second-order valence-electron chi connectivity index (χ2n) is 2.81. The van der Waals surface area contributed by atoms with E-state index in [0.29, 0.717) is 28.6 Å². The number of hydrogen-bond acceptors (Lipinski definition) is 3. The zero-order valence-corrected chi connectivity index (χ0v) is 10.8. The lowest BCUT2D eigenvalue weighted by atomic mass is 10.1. The fourth-order valence-electron chi connectivity index (χ4n) is 1.12. The van der Waals surface area contributed by atoms with E-state index in [4.69, 9.17) is 46.3 Å². The number of hydrogen-bond donors (Lipinski definition) is 2. The molecule has 0 radical (unpaired) electrons. The minimum Gasteiger partial charge on any atom is -0.330 e. The maximum absolute atomic E-state index is 5.93. The minimum atomic E-state index is -0.305. The predicted octanol–water partition coefficient (Wildman–Crippen LogP) is 2.81. The van der Waals surface area contributed by atoms with E-state index in [1.54, 1.807) is 0 Å². The summed E-state index contributed by atoms with van der Waals surface area (Å²) in [6.07, 6.45) is 2.03. The van der Waals surface area contributed by atoms with Crippen LogP contribution < -0.4 is 11.5 Å². The number of rotatable bonds is 3. The molecular weight excluding hydrogens is 280 g/mol. The lowest BCUT2D eigenvalue weighted by Crippen LogP contribution is -2.16. The van der Waals surface area contributed by atoms with Crippen LogP contribution in [0.15, 0.2) is 6.20 Å². The van der Waals surface area contributed by atoms with Crippen molar-refractivity contribution in [1.82, 2.24) is 4.98 Å². The van der Waals surface area contributed by atoms with Crippen molar-refractivity contribution >= 4 is 47.2 Å². The molecule has 4 N–H and O–H groups in total. The molecule has 15 heavy (non-hydrogen) atoms. The first-order valence-electron chi connectivity index (χ1n) is 4.03. The third kappa shape index (κ3) is 3.63. The quantitative estimate of drug-likeness (QED) is 0.842. The summed E-state index contributed by atoms with van der Waals surface area (Å²) in [7, 11) is 0. The van der Waals surface area contributed by atoms with Gasteiger partial charge in [-0.3, -0.25) is 0 Å². The van der Waals surface area contributed by atoms with Gasteiger partial charge in [0.05, 0.1) is 10.0 Å². The maximum Gasteiger partial charge on any atom is 0.148 e. The van der Waals surface area contributed by atoms with Gasteiger partial charge in [-0.15, -0.1) is 12.4 Å². The van der Waals surface area contributed by atoms with Crippen LogP contribution in [-0.4, -0.2) is 11.5 Å². The van der Waals surface area contributed by atoms with Gasteiger partial charge < -0.3 is 11.5 Å². The van der Waals surface area contributed by atoms with Crippen molar-refractivity contribution in [2.45, 2.75) is 12.5 Å². The maximum atomic E-state index is 5.93. The molecule has 1 aromatic heterocycles. The fourth-order valence-corrected chi connectivity index (χ4v) is 1.89. The zero-order chi connectivity index (χ0) is 10.7. The highest BCUT2D eigenvalue weighted by Crippen LogP contribution is 2.33. The van der Waals surface area contributed by atoms with Gasteiger partial charge in [0.1, 0.15) is 5.15 Å². The lowest BCUT2D eigenvalue weighted by molar-refractivity contribution is 0.661. The molecule has 3 nitrogen and oxygen atoms in total. The zero-order valence-electron chi connectivity index (χ0n) is 7.71. The summed E-state index contributed by atoms with van der Waals surface area (Å²) in [6, 6.07) is -0.305. The van der Waals surface area contributed by atoms with Gasteiger partial charge in [-0.05, 0) is 13.0 Å². The standard InChI is InChI=1S/C8H10Cl3N3.ClH/c9-4-3-14-8(11)7(10)6(4)5(13)1-2-12;/h3,5H,1-2,12-13H2;1H/t5-;/m0./s1. The molecule has 0 aliphatic heterocycles. The van der Waals surface area contributed by atoms with Crippen LogP contribution in [0.1, 0.15) is 18.0 Å². The van der Waals surface area contributed by atoms with E-state index in [2.05, 4.69) is 4.98 Å². The predicted molar refractivity (Wildman–Crippen MR) is 67.1 cm³/mol. The molecule has 0 fully saturated rings. The largest absolute Gasteiger partial charge is 0.330 e. The van der Waals surface area contributed by atoms with Gasteiger partial charge in [0, 0.05) is 17.8 Å². The average Bonchev–Trinajstić information content (AvgIpc) is 2.13. The molecule has 7 heteroatoms. The smallest absolute Gasteiger partial charge is 0.148 e. The van der Waals surface area contributed by atoms with Crippen LogP contribution in [0.5, 0.6) is 0 Å². The summed E-state index contributed by atoms with van der Waals surface area (Å²) in [5.74, 6) is 0. The van der Waals surface area contributed by atoms with Gasteiger partial charge in [0.15, 0.2) is 0 Å². The van der Waals surface area contributed by atoms with Crippen LogP contribution in [0.4, 0.5) is 0 Å². The summed E-state index contributed by atoms with van der Waals surface area (Å²) in [6.45, 7) is 0.466. The molecule has 1 rings (SSSR count). The summed E-state index contributed by atoms with van der Waals surface area (Å²) < 4.78 is 0. The van der Waals surface area contributed by atoms with E-state index in [1.807, 2.05) is 0 Å². The second kappa shape index (κ2) is 6.74. The van der Waals surface area contributed by atoms with Crippen molar-refractivity contribution in [3.63, 3.8) is 0 Å². The number of halogens is 4. The van der Waals surface area contributed by atoms with E-state index in [0.717, 1.165) is 0 Å². The third-order valence-corrected chi connectivity index (χ3v) is 2.88. The van der Waals surface area contributed by atoms with Crippen molar-refractivity contribution in [2.24, 2.45) is 11.5 Å². The third-order valence-electron chi connectivity index (χ3n) is 1.81. The molecule has 1 aromatic rings. The molecular formula is C8H11Cl4N3. The molecule has 0 unspecified atom stereocenters. The minimum absolute atomic E-state index is 0. The van der Waals surface area contributed by atoms with Gasteiger partial charge in [-0.1, -0.05) is 34.8 Å². The molecule has 0 amide bonds. The summed E-state index contributed by atoms with van der Waals surface area (Å²) in [5, 5.41) is 0.930. The molecule has 0 aromatic carbocycles. The summed E-state index contributed by atoms with van der Waals surface area (Å²) >= 11 is 17.6. The van der Waals surface area contributed by atoms with Crippen LogP contribution in [0, 0.1) is 0 Å². The number of aromatic nitrogens is 1. The Morgan fingerprint density at radius 1 is 1.33 bits per heavy atom. The van der Waals surface area contributed by atoms with Gasteiger partial charge in [-0.25, -0.2) is 4.98 Å². The lowest BCUT2D eigenvalue weighted by Gasteiger charge is -2.14. The van der Waals surface area contributed by atoms with Crippen molar-refractivity contribution < 1.29 is 0 Å². The Bertz CT molecular complexity index is 332. The Labute approximate surface area is 109 Å². The SMILES string of the molecule is Cl.NCC[C@H](N)c1c(Cl)cnc(Cl)c1Cl. The highest BCUT2D eigenvalue weighted by Gasteiger charge is 2.16. The first-order chi connectivity index (χ1) is 6.57. The molecule has 0 aliphatic carbocycles. The van der Waals surface area contributed by atoms with E-state index >= 15 is 0 Å². The van der Waals surface area contributed by atoms with Gasteiger partial charge in [-0.2, -0.15) is 0 Å². The van der Waals surface area contributed by atoms with Gasteiger partial charge in [0.25, 0.3) is 0 Å². The van der Waals surface area contributed by atoms with Gasteiger partial charge in [0.2, 0.25) is 0 Å². The molecule has 0 spiro atoms. The first-order valence-corrected chi connectivity index (χ1v) is 5.16. The van der Waals surface area contributed by atoms with E-state index in [1.165, 1.54) is 6.20 Å². The number of nitrogens with two attached hydrogens (primary N) is 2. The summed E-state index contributed by atoms with van der Waals surface area (Å²) in [5.41, 5.74) is 11.8. The van der Waals surface area contributed by atoms with Crippen LogP contribution in [0.25, 0.3) is 0 Å². The second-order valence-corrected chi connectivity index (χ2v) is 3.95. The molecule has 0 aliphatic rings. The molecule has 1 atom stereocenters. The average molecular weight is 291 g/mol. The van der Waals surface area contributed by atoms with E-state index < -0.39 is 0 Å². The van der Waals surface area contributed by atoms with E-state index in [9.17, 15) is 0 Å². The molecule has 0 bridgehead atoms. The van der Waals surface area contributed by atoms with E-state index in [-0.39, 0.29) is 23.6 Å². The Morgan fingerprint density at radius 2 is 1.93 bits per heavy atom. The van der Waals surface area contributed by atoms with Crippen molar-refractivity contribution in [3.05, 3.63) is 27.0 Å². The Hall–Kier alpha value is 0.230. The fraction of sp³-hybridized carbons (Fsp3) is 0.375. The monoisotopic (exact) mass is 289 g/mol. The summed E-state index contributed by atoms with van der Waals surface area (Å²) in [4.78, 5) is 3.80. The molecule has 0 saturated heterocycles. The van der Waals surface area contributed by atoms with Crippen LogP contribution in [0.2, 0.25) is 15.2 Å². The number of pyridine rings is 1. The van der Waals surface area contributed by atoms with Crippen molar-refractivity contribution in [1.29, 1.82) is 0 Å². The highest BCUT2D eigenvalue weighted by atomic mass is 35.5. The van der Waals surface area contributed by atoms with Gasteiger partial charge >= 0.3 is 0 Å². The topological polar surface area (TPSA) is 64.9 Å². The molecule has 1 heterocycles. The highest BCUT2D eigenvalue weighted by molar-refractivity contribution is 6.43. The Kier molecular flexibility index (Phi) is 6.84.